The van der Waals surface area contributed by atoms with Crippen molar-refractivity contribution in [1.82, 2.24) is 14.8 Å². The molecule has 0 atom stereocenters. The van der Waals surface area contributed by atoms with Crippen molar-refractivity contribution in [2.24, 2.45) is 7.05 Å². The summed E-state index contributed by atoms with van der Waals surface area (Å²) in [7, 11) is 1.92. The molecule has 0 aliphatic rings. The van der Waals surface area contributed by atoms with Crippen LogP contribution in [0.15, 0.2) is 4.73 Å². The highest BCUT2D eigenvalue weighted by Gasteiger charge is 2.24. The normalized spacial score (nSPS) is 12.1. The van der Waals surface area contributed by atoms with Gasteiger partial charge in [-0.05, 0) is 22.4 Å². The fraction of sp³-hybridized carbons (Fsp3) is 0.750. The molecule has 0 unspecified atom stereocenters. The van der Waals surface area contributed by atoms with Gasteiger partial charge in [0.2, 0.25) is 4.73 Å². The summed E-state index contributed by atoms with van der Waals surface area (Å²) >= 11 is 3.26. The lowest BCUT2D eigenvalue weighted by molar-refractivity contribution is 0.447. The molecule has 0 radical (unpaired) electrons. The van der Waals surface area contributed by atoms with E-state index in [2.05, 4.69) is 46.8 Å². The Kier molecular flexibility index (Phi) is 2.56. The van der Waals surface area contributed by atoms with Crippen molar-refractivity contribution in [3.63, 3.8) is 0 Å². The van der Waals surface area contributed by atoms with Gasteiger partial charge in [0, 0.05) is 12.5 Å². The zero-order valence-electron chi connectivity index (χ0n) is 7.93. The summed E-state index contributed by atoms with van der Waals surface area (Å²) in [5.41, 5.74) is 0.105. The molecule has 0 saturated heterocycles. The quantitative estimate of drug-likeness (QED) is 0.783. The third kappa shape index (κ3) is 1.68. The lowest BCUT2D eigenvalue weighted by Crippen LogP contribution is -2.21. The first-order chi connectivity index (χ1) is 5.47. The Morgan fingerprint density at radius 2 is 2.08 bits per heavy atom. The number of aryl methyl sites for hydroxylation is 1. The van der Waals surface area contributed by atoms with Crippen molar-refractivity contribution < 1.29 is 0 Å². The van der Waals surface area contributed by atoms with E-state index in [1.165, 1.54) is 0 Å². The van der Waals surface area contributed by atoms with Gasteiger partial charge >= 0.3 is 0 Å². The van der Waals surface area contributed by atoms with Crippen LogP contribution in [-0.2, 0) is 12.5 Å². The number of rotatable bonds is 2. The van der Waals surface area contributed by atoms with E-state index < -0.39 is 0 Å². The Morgan fingerprint density at radius 3 is 2.42 bits per heavy atom. The van der Waals surface area contributed by atoms with Gasteiger partial charge in [0.25, 0.3) is 0 Å². The third-order valence-corrected chi connectivity index (χ3v) is 2.56. The summed E-state index contributed by atoms with van der Waals surface area (Å²) in [6.07, 6.45) is 1.06. The second kappa shape index (κ2) is 3.17. The number of nitrogens with zero attached hydrogens (tertiary/aromatic N) is 3. The minimum atomic E-state index is 0.105. The van der Waals surface area contributed by atoms with Gasteiger partial charge in [0.05, 0.1) is 0 Å². The number of aromatic nitrogens is 3. The number of halogens is 1. The molecular weight excluding hydrogens is 218 g/mol. The molecule has 4 heteroatoms. The van der Waals surface area contributed by atoms with Gasteiger partial charge < -0.3 is 0 Å². The summed E-state index contributed by atoms with van der Waals surface area (Å²) in [5.74, 6) is 1.02. The molecule has 68 valence electrons. The van der Waals surface area contributed by atoms with Crippen LogP contribution < -0.4 is 0 Å². The molecular formula is C8H14BrN3. The van der Waals surface area contributed by atoms with E-state index in [4.69, 9.17) is 0 Å². The molecule has 0 saturated carbocycles. The van der Waals surface area contributed by atoms with Crippen molar-refractivity contribution in [1.29, 1.82) is 0 Å². The largest absolute Gasteiger partial charge is 0.251 e. The first kappa shape index (κ1) is 9.71. The fourth-order valence-corrected chi connectivity index (χ4v) is 1.51. The maximum Gasteiger partial charge on any atom is 0.217 e. The predicted octanol–water partition coefficient (Wildman–Crippen LogP) is 2.27. The van der Waals surface area contributed by atoms with Gasteiger partial charge in [0.15, 0.2) is 0 Å². The first-order valence-electron chi connectivity index (χ1n) is 4.04. The van der Waals surface area contributed by atoms with Crippen molar-refractivity contribution >= 4 is 15.9 Å². The van der Waals surface area contributed by atoms with E-state index in [0.29, 0.717) is 4.73 Å². The van der Waals surface area contributed by atoms with E-state index >= 15 is 0 Å². The zero-order chi connectivity index (χ0) is 9.35. The van der Waals surface area contributed by atoms with Crippen molar-refractivity contribution in [3.05, 3.63) is 10.6 Å². The lowest BCUT2D eigenvalue weighted by Gasteiger charge is -2.20. The van der Waals surface area contributed by atoms with Crippen LogP contribution in [0.1, 0.15) is 33.0 Å². The van der Waals surface area contributed by atoms with Crippen molar-refractivity contribution in [3.8, 4) is 0 Å². The molecule has 0 fully saturated rings. The minimum absolute atomic E-state index is 0.105. The second-order valence-corrected chi connectivity index (χ2v) is 4.27. The Balaban J connectivity index is 3.09. The first-order valence-corrected chi connectivity index (χ1v) is 4.83. The highest BCUT2D eigenvalue weighted by atomic mass is 79.9. The van der Waals surface area contributed by atoms with E-state index in [1.807, 2.05) is 11.7 Å². The molecule has 1 aromatic heterocycles. The molecule has 0 bridgehead atoms. The zero-order valence-corrected chi connectivity index (χ0v) is 9.51. The summed E-state index contributed by atoms with van der Waals surface area (Å²) in [6, 6.07) is 0. The standard InChI is InChI=1S/C8H14BrN3/c1-5-8(2,3)6-10-7(9)11-12(6)4/h5H2,1-4H3. The van der Waals surface area contributed by atoms with Gasteiger partial charge in [-0.3, -0.25) is 4.68 Å². The van der Waals surface area contributed by atoms with Crippen LogP contribution in [0.5, 0.6) is 0 Å². The van der Waals surface area contributed by atoms with Crippen LogP contribution in [0.25, 0.3) is 0 Å². The smallest absolute Gasteiger partial charge is 0.217 e. The monoisotopic (exact) mass is 231 g/mol. The maximum absolute atomic E-state index is 4.32. The average Bonchev–Trinajstić information content (AvgIpc) is 2.31. The van der Waals surface area contributed by atoms with Crippen LogP contribution in [0.4, 0.5) is 0 Å². The molecule has 1 rings (SSSR count). The van der Waals surface area contributed by atoms with Crippen LogP contribution in [-0.4, -0.2) is 14.8 Å². The molecule has 0 amide bonds. The van der Waals surface area contributed by atoms with Gasteiger partial charge in [-0.1, -0.05) is 20.8 Å². The van der Waals surface area contributed by atoms with Crippen LogP contribution >= 0.6 is 15.9 Å². The molecule has 0 N–H and O–H groups in total. The summed E-state index contributed by atoms with van der Waals surface area (Å²) in [5, 5.41) is 4.15. The molecule has 0 spiro atoms. The highest BCUT2D eigenvalue weighted by molar-refractivity contribution is 9.10. The second-order valence-electron chi connectivity index (χ2n) is 3.57. The summed E-state index contributed by atoms with van der Waals surface area (Å²) < 4.78 is 2.50. The minimum Gasteiger partial charge on any atom is -0.251 e. The molecule has 1 aromatic rings. The molecule has 0 aromatic carbocycles. The Bertz CT molecular complexity index is 278. The van der Waals surface area contributed by atoms with Crippen LogP contribution in [0, 0.1) is 0 Å². The van der Waals surface area contributed by atoms with E-state index in [1.54, 1.807) is 0 Å². The van der Waals surface area contributed by atoms with Gasteiger partial charge in [0.1, 0.15) is 5.82 Å². The predicted molar refractivity (Wildman–Crippen MR) is 52.0 cm³/mol. The number of hydrogen-bond acceptors (Lipinski definition) is 2. The molecule has 3 nitrogen and oxygen atoms in total. The van der Waals surface area contributed by atoms with Crippen molar-refractivity contribution in [2.45, 2.75) is 32.6 Å². The lowest BCUT2D eigenvalue weighted by atomic mass is 9.89. The van der Waals surface area contributed by atoms with E-state index in [-0.39, 0.29) is 5.41 Å². The fourth-order valence-electron chi connectivity index (χ4n) is 1.10. The molecule has 12 heavy (non-hydrogen) atoms. The van der Waals surface area contributed by atoms with Gasteiger partial charge in [-0.25, -0.2) is 4.98 Å². The van der Waals surface area contributed by atoms with Crippen LogP contribution in [0.3, 0.4) is 0 Å². The van der Waals surface area contributed by atoms with Crippen LogP contribution in [0.2, 0.25) is 0 Å². The number of hydrogen-bond donors (Lipinski definition) is 0. The Hall–Kier alpha value is -0.380. The molecule has 0 aliphatic heterocycles. The topological polar surface area (TPSA) is 30.7 Å². The molecule has 0 aliphatic carbocycles. The molecule has 1 heterocycles. The Morgan fingerprint density at radius 1 is 1.50 bits per heavy atom. The Labute approximate surface area is 81.3 Å². The highest BCUT2D eigenvalue weighted by Crippen LogP contribution is 2.25. The maximum atomic E-state index is 4.32. The van der Waals surface area contributed by atoms with E-state index in [9.17, 15) is 0 Å². The SMILES string of the molecule is CCC(C)(C)c1nc(Br)nn1C. The third-order valence-electron chi connectivity index (χ3n) is 2.23. The summed E-state index contributed by atoms with van der Waals surface area (Å²) in [6.45, 7) is 6.50. The van der Waals surface area contributed by atoms with Gasteiger partial charge in [-0.15, -0.1) is 5.10 Å². The summed E-state index contributed by atoms with van der Waals surface area (Å²) in [4.78, 5) is 4.32. The average molecular weight is 232 g/mol. The van der Waals surface area contributed by atoms with Crippen molar-refractivity contribution in [2.75, 3.05) is 0 Å². The van der Waals surface area contributed by atoms with E-state index in [0.717, 1.165) is 12.2 Å². The van der Waals surface area contributed by atoms with Gasteiger partial charge in [-0.2, -0.15) is 0 Å².